The van der Waals surface area contributed by atoms with Crippen molar-refractivity contribution < 1.29 is 9.59 Å². The van der Waals surface area contributed by atoms with Gasteiger partial charge in [0.05, 0.1) is 10.7 Å². The second-order valence-corrected chi connectivity index (χ2v) is 8.41. The fourth-order valence-electron chi connectivity index (χ4n) is 2.49. The van der Waals surface area contributed by atoms with E-state index in [2.05, 4.69) is 41.4 Å². The molecule has 0 saturated heterocycles. The van der Waals surface area contributed by atoms with E-state index < -0.39 is 0 Å². The number of pyridine rings is 1. The second kappa shape index (κ2) is 7.90. The second-order valence-electron chi connectivity index (χ2n) is 7.41. The summed E-state index contributed by atoms with van der Waals surface area (Å²) < 4.78 is 0. The third-order valence-corrected chi connectivity index (χ3v) is 5.55. The first-order valence-electron chi connectivity index (χ1n) is 8.85. The Bertz CT molecular complexity index is 1010. The van der Waals surface area contributed by atoms with Gasteiger partial charge in [-0.1, -0.05) is 26.8 Å². The minimum absolute atomic E-state index is 0.112. The van der Waals surface area contributed by atoms with Crippen LogP contribution in [0.3, 0.4) is 0 Å². The van der Waals surface area contributed by atoms with Gasteiger partial charge in [-0.15, -0.1) is 11.3 Å². The molecule has 1 aromatic carbocycles. The number of aromatic nitrogens is 2. The van der Waals surface area contributed by atoms with Crippen molar-refractivity contribution in [2.75, 3.05) is 10.6 Å². The highest BCUT2D eigenvalue weighted by molar-refractivity contribution is 7.14. The van der Waals surface area contributed by atoms with E-state index in [0.717, 1.165) is 5.01 Å². The van der Waals surface area contributed by atoms with Crippen molar-refractivity contribution in [2.24, 2.45) is 0 Å². The molecule has 2 heterocycles. The number of amides is 2. The van der Waals surface area contributed by atoms with Gasteiger partial charge in [-0.3, -0.25) is 14.6 Å². The fraction of sp³-hybridized carbons (Fsp3) is 0.238. The van der Waals surface area contributed by atoms with Gasteiger partial charge in [0.1, 0.15) is 4.88 Å². The van der Waals surface area contributed by atoms with Crippen LogP contribution in [0.4, 0.5) is 11.4 Å². The maximum Gasteiger partial charge on any atom is 0.267 e. The summed E-state index contributed by atoms with van der Waals surface area (Å²) in [7, 11) is 0. The number of nitrogens with zero attached hydrogens (tertiary/aromatic N) is 2. The summed E-state index contributed by atoms with van der Waals surface area (Å²) in [5, 5.41) is 6.58. The standard InChI is InChI=1S/C21H22N4O2S/c1-13-17(28-20(23-13)21(2,3)4)19(27)25-16-7-5-6-14(12-16)18(26)24-15-8-10-22-11-9-15/h5-12H,1-4H3,(H,25,27)(H,22,24,26). The third kappa shape index (κ3) is 4.61. The molecule has 0 saturated carbocycles. The maximum absolute atomic E-state index is 12.7. The van der Waals surface area contributed by atoms with E-state index in [1.807, 2.05) is 6.92 Å². The molecule has 0 atom stereocenters. The van der Waals surface area contributed by atoms with Crippen molar-refractivity contribution in [2.45, 2.75) is 33.1 Å². The van der Waals surface area contributed by atoms with Crippen LogP contribution < -0.4 is 10.6 Å². The Morgan fingerprint density at radius 1 is 0.964 bits per heavy atom. The van der Waals surface area contributed by atoms with Crippen LogP contribution in [0.15, 0.2) is 48.8 Å². The van der Waals surface area contributed by atoms with E-state index in [9.17, 15) is 9.59 Å². The number of hydrogen-bond donors (Lipinski definition) is 2. The highest BCUT2D eigenvalue weighted by Gasteiger charge is 2.23. The van der Waals surface area contributed by atoms with Crippen LogP contribution in [-0.4, -0.2) is 21.8 Å². The molecule has 3 aromatic rings. The molecule has 0 aliphatic heterocycles. The van der Waals surface area contributed by atoms with Crippen LogP contribution in [0.25, 0.3) is 0 Å². The lowest BCUT2D eigenvalue weighted by molar-refractivity contribution is 0.101. The van der Waals surface area contributed by atoms with Crippen LogP contribution in [0, 0.1) is 6.92 Å². The van der Waals surface area contributed by atoms with Gasteiger partial charge in [0.15, 0.2) is 0 Å². The van der Waals surface area contributed by atoms with E-state index in [1.165, 1.54) is 11.3 Å². The van der Waals surface area contributed by atoms with Gasteiger partial charge < -0.3 is 10.6 Å². The Balaban J connectivity index is 1.75. The fourth-order valence-corrected chi connectivity index (χ4v) is 3.51. The Kier molecular flexibility index (Phi) is 5.56. The summed E-state index contributed by atoms with van der Waals surface area (Å²) in [5.41, 5.74) is 2.26. The smallest absolute Gasteiger partial charge is 0.267 e. The highest BCUT2D eigenvalue weighted by Crippen LogP contribution is 2.29. The number of rotatable bonds is 4. The Morgan fingerprint density at radius 3 is 2.29 bits per heavy atom. The van der Waals surface area contributed by atoms with E-state index in [0.29, 0.717) is 27.5 Å². The predicted octanol–water partition coefficient (Wildman–Crippen LogP) is 4.65. The van der Waals surface area contributed by atoms with Gasteiger partial charge in [0.25, 0.3) is 11.8 Å². The van der Waals surface area contributed by atoms with E-state index in [4.69, 9.17) is 0 Å². The number of carbonyl (C=O) groups is 2. The normalized spacial score (nSPS) is 11.1. The molecule has 0 unspecified atom stereocenters. The number of hydrogen-bond acceptors (Lipinski definition) is 5. The van der Waals surface area contributed by atoms with Gasteiger partial charge in [-0.2, -0.15) is 0 Å². The Labute approximate surface area is 168 Å². The first kappa shape index (κ1) is 19.7. The molecule has 3 rings (SSSR count). The van der Waals surface area contributed by atoms with E-state index >= 15 is 0 Å². The summed E-state index contributed by atoms with van der Waals surface area (Å²) >= 11 is 1.40. The zero-order valence-corrected chi connectivity index (χ0v) is 17.1. The molecule has 0 radical (unpaired) electrons. The van der Waals surface area contributed by atoms with Crippen molar-refractivity contribution in [1.29, 1.82) is 0 Å². The number of carbonyl (C=O) groups excluding carboxylic acids is 2. The molecule has 2 N–H and O–H groups in total. The average Bonchev–Trinajstić information content (AvgIpc) is 3.05. The van der Waals surface area contributed by atoms with Crippen molar-refractivity contribution >= 4 is 34.5 Å². The molecule has 7 heteroatoms. The Morgan fingerprint density at radius 2 is 1.64 bits per heavy atom. The Hall–Kier alpha value is -3.06. The molecule has 6 nitrogen and oxygen atoms in total. The molecule has 0 spiro atoms. The lowest BCUT2D eigenvalue weighted by Crippen LogP contribution is -2.14. The van der Waals surface area contributed by atoms with Gasteiger partial charge >= 0.3 is 0 Å². The summed E-state index contributed by atoms with van der Waals surface area (Å²) in [6.07, 6.45) is 3.21. The van der Waals surface area contributed by atoms with Gasteiger partial charge in [0.2, 0.25) is 0 Å². The number of nitrogens with one attached hydrogen (secondary N) is 2. The van der Waals surface area contributed by atoms with Crippen LogP contribution in [0.2, 0.25) is 0 Å². The highest BCUT2D eigenvalue weighted by atomic mass is 32.1. The quantitative estimate of drug-likeness (QED) is 0.675. The molecule has 2 aromatic heterocycles. The predicted molar refractivity (Wildman–Crippen MR) is 112 cm³/mol. The lowest BCUT2D eigenvalue weighted by Gasteiger charge is -2.13. The zero-order chi connectivity index (χ0) is 20.3. The SMILES string of the molecule is Cc1nc(C(C)(C)C)sc1C(=O)Nc1cccc(C(=O)Nc2ccncc2)c1. The minimum atomic E-state index is -0.258. The monoisotopic (exact) mass is 394 g/mol. The number of aryl methyl sites for hydroxylation is 1. The molecule has 28 heavy (non-hydrogen) atoms. The van der Waals surface area contributed by atoms with Crippen molar-refractivity contribution in [1.82, 2.24) is 9.97 Å². The molecule has 0 aliphatic carbocycles. The zero-order valence-electron chi connectivity index (χ0n) is 16.2. The summed E-state index contributed by atoms with van der Waals surface area (Å²) in [5.74, 6) is -0.483. The largest absolute Gasteiger partial charge is 0.322 e. The van der Waals surface area contributed by atoms with Gasteiger partial charge in [0, 0.05) is 34.7 Å². The first-order valence-corrected chi connectivity index (χ1v) is 9.66. The van der Waals surface area contributed by atoms with Gasteiger partial charge in [-0.05, 0) is 37.3 Å². The summed E-state index contributed by atoms with van der Waals surface area (Å²) in [4.78, 5) is 34.2. The number of thiazole rings is 1. The van der Waals surface area contributed by atoms with Crippen molar-refractivity contribution in [3.63, 3.8) is 0 Å². The van der Waals surface area contributed by atoms with E-state index in [1.54, 1.807) is 48.8 Å². The number of benzene rings is 1. The van der Waals surface area contributed by atoms with Crippen LogP contribution >= 0.6 is 11.3 Å². The summed E-state index contributed by atoms with van der Waals surface area (Å²) in [6.45, 7) is 8.03. The molecule has 0 bridgehead atoms. The molecule has 144 valence electrons. The first-order chi connectivity index (χ1) is 13.2. The average molecular weight is 395 g/mol. The molecule has 0 aliphatic rings. The third-order valence-electron chi connectivity index (χ3n) is 3.97. The van der Waals surface area contributed by atoms with Crippen LogP contribution in [0.1, 0.15) is 51.5 Å². The van der Waals surface area contributed by atoms with Crippen molar-refractivity contribution in [3.05, 3.63) is 69.9 Å². The minimum Gasteiger partial charge on any atom is -0.322 e. The summed E-state index contributed by atoms with van der Waals surface area (Å²) in [6, 6.07) is 10.3. The molecule has 2 amide bonds. The van der Waals surface area contributed by atoms with E-state index in [-0.39, 0.29) is 17.2 Å². The maximum atomic E-state index is 12.7. The van der Waals surface area contributed by atoms with Gasteiger partial charge in [-0.25, -0.2) is 4.98 Å². The van der Waals surface area contributed by atoms with Crippen molar-refractivity contribution in [3.8, 4) is 0 Å². The molecule has 0 fully saturated rings. The number of anilines is 2. The topological polar surface area (TPSA) is 84.0 Å². The lowest BCUT2D eigenvalue weighted by atomic mass is 9.98. The van der Waals surface area contributed by atoms with Crippen LogP contribution in [-0.2, 0) is 5.41 Å². The molecular formula is C21H22N4O2S. The molecular weight excluding hydrogens is 372 g/mol. The van der Waals surface area contributed by atoms with Crippen LogP contribution in [0.5, 0.6) is 0 Å².